The van der Waals surface area contributed by atoms with Crippen molar-refractivity contribution in [3.8, 4) is 0 Å². The fourth-order valence-electron chi connectivity index (χ4n) is 3.69. The van der Waals surface area contributed by atoms with Gasteiger partial charge in [-0.05, 0) is 37.1 Å². The zero-order valence-corrected chi connectivity index (χ0v) is 15.0. The third-order valence-corrected chi connectivity index (χ3v) is 6.55. The number of carbonyl (C=O) groups excluding carboxylic acids is 1. The maximum Gasteiger partial charge on any atom is 0.255 e. The number of rotatable bonds is 1. The van der Waals surface area contributed by atoms with Gasteiger partial charge < -0.3 is 14.8 Å². The van der Waals surface area contributed by atoms with Gasteiger partial charge in [-0.25, -0.2) is 0 Å². The zero-order chi connectivity index (χ0) is 18.2. The molecule has 1 amide bonds. The van der Waals surface area contributed by atoms with Crippen LogP contribution in [0.15, 0.2) is 53.7 Å². The van der Waals surface area contributed by atoms with Gasteiger partial charge in [0.1, 0.15) is 0 Å². The van der Waals surface area contributed by atoms with E-state index in [0.29, 0.717) is 37.3 Å². The van der Waals surface area contributed by atoms with Crippen molar-refractivity contribution in [1.82, 2.24) is 14.6 Å². The first-order chi connectivity index (χ1) is 12.5. The van der Waals surface area contributed by atoms with Crippen molar-refractivity contribution in [2.24, 2.45) is 0 Å². The van der Waals surface area contributed by atoms with Crippen LogP contribution in [0.3, 0.4) is 0 Å². The number of nitrogens with zero attached hydrogens (tertiary/aromatic N) is 2. The number of hydrogen-bond donors (Lipinski definition) is 2. The molecule has 1 aromatic carbocycles. The molecule has 1 fully saturated rings. The smallest absolute Gasteiger partial charge is 0.255 e. The van der Waals surface area contributed by atoms with E-state index in [1.54, 1.807) is 47.5 Å². The van der Waals surface area contributed by atoms with Crippen LogP contribution < -0.4 is 10.0 Å². The Balaban J connectivity index is 1.61. The molecule has 2 aliphatic heterocycles. The molecule has 2 unspecified atom stereocenters. The molecule has 136 valence electrons. The molecule has 8 heteroatoms. The second-order valence-electron chi connectivity index (χ2n) is 6.81. The molecule has 1 spiro atoms. The van der Waals surface area contributed by atoms with Crippen LogP contribution in [0.5, 0.6) is 0 Å². The highest BCUT2D eigenvalue weighted by Gasteiger charge is 2.45. The Labute approximate surface area is 153 Å². The summed E-state index contributed by atoms with van der Waals surface area (Å²) < 4.78 is 28.6. The summed E-state index contributed by atoms with van der Waals surface area (Å²) >= 11 is 0. The lowest BCUT2D eigenvalue weighted by Gasteiger charge is -2.42. The van der Waals surface area contributed by atoms with E-state index in [-0.39, 0.29) is 10.8 Å². The van der Waals surface area contributed by atoms with Crippen LogP contribution in [-0.4, -0.2) is 45.5 Å². The van der Waals surface area contributed by atoms with Crippen LogP contribution in [0.1, 0.15) is 23.2 Å². The van der Waals surface area contributed by atoms with Gasteiger partial charge >= 0.3 is 0 Å². The molecule has 4 rings (SSSR count). The second-order valence-corrected chi connectivity index (χ2v) is 8.46. The summed E-state index contributed by atoms with van der Waals surface area (Å²) in [6.07, 6.45) is 4.56. The number of anilines is 1. The third kappa shape index (κ3) is 3.11. The number of aromatic nitrogens is 1. The van der Waals surface area contributed by atoms with Gasteiger partial charge in [-0.1, -0.05) is 16.3 Å². The summed E-state index contributed by atoms with van der Waals surface area (Å²) in [6, 6.07) is 10.3. The van der Waals surface area contributed by atoms with E-state index in [4.69, 9.17) is 0 Å². The molecule has 3 heterocycles. The van der Waals surface area contributed by atoms with Gasteiger partial charge in [0.05, 0.1) is 16.8 Å². The summed E-state index contributed by atoms with van der Waals surface area (Å²) in [7, 11) is -3.66. The van der Waals surface area contributed by atoms with Crippen LogP contribution in [0, 0.1) is 0 Å². The predicted octanol–water partition coefficient (Wildman–Crippen LogP) is 1.68. The Morgan fingerprint density at radius 1 is 1.27 bits per heavy atom. The summed E-state index contributed by atoms with van der Waals surface area (Å²) in [5.74, 6) is -0.127. The van der Waals surface area contributed by atoms with Crippen molar-refractivity contribution >= 4 is 22.0 Å². The average molecular weight is 372 g/mol. The Morgan fingerprint density at radius 3 is 2.92 bits per heavy atom. The highest BCUT2D eigenvalue weighted by Crippen LogP contribution is 2.33. The van der Waals surface area contributed by atoms with Gasteiger partial charge in [-0.2, -0.15) is 0 Å². The number of carbonyl (C=O) groups is 1. The number of amides is 1. The zero-order valence-electron chi connectivity index (χ0n) is 14.2. The number of piperidine rings is 1. The van der Waals surface area contributed by atoms with Gasteiger partial charge in [0.25, 0.3) is 5.91 Å². The largest absolute Gasteiger partial charge is 0.593 e. The van der Waals surface area contributed by atoms with E-state index < -0.39 is 15.9 Å². The van der Waals surface area contributed by atoms with Crippen LogP contribution >= 0.6 is 0 Å². The van der Waals surface area contributed by atoms with Crippen molar-refractivity contribution in [3.05, 3.63) is 54.4 Å². The molecule has 1 aromatic heterocycles. The number of hydrogen-bond acceptors (Lipinski definition) is 5. The van der Waals surface area contributed by atoms with Crippen molar-refractivity contribution in [3.63, 3.8) is 0 Å². The summed E-state index contributed by atoms with van der Waals surface area (Å²) in [4.78, 5) is 18.7. The molecular weight excluding hydrogens is 352 g/mol. The average Bonchev–Trinajstić information content (AvgIpc) is 2.76. The molecule has 0 saturated carbocycles. The number of fused-ring (bicyclic) bond motifs is 1. The number of para-hydroxylation sites is 1. The monoisotopic (exact) mass is 372 g/mol. The molecule has 26 heavy (non-hydrogen) atoms. The lowest BCUT2D eigenvalue weighted by atomic mass is 9.89. The Hall–Kier alpha value is -2.29. The van der Waals surface area contributed by atoms with Crippen molar-refractivity contribution in [2.45, 2.75) is 23.3 Å². The maximum absolute atomic E-state index is 12.8. The maximum atomic E-state index is 12.8. The fourth-order valence-corrected chi connectivity index (χ4v) is 5.30. The Morgan fingerprint density at radius 2 is 2.12 bits per heavy atom. The standard InChI is InChI=1S/C18H20N4O3S/c23-17(14-5-3-9-19-11-14)22-10-4-8-18(13-22)12-20-15-6-1-2-7-16(15)26(24,25)21-18/h1-3,5-7,9,11H,4,8,10,12-13H2,(H2-,20,21,24,25). The molecule has 2 N–H and O–H groups in total. The predicted molar refractivity (Wildman–Crippen MR) is 97.3 cm³/mol. The minimum atomic E-state index is -3.66. The second kappa shape index (κ2) is 6.46. The minimum Gasteiger partial charge on any atom is -0.593 e. The van der Waals surface area contributed by atoms with Gasteiger partial charge in [-0.15, -0.1) is 4.72 Å². The first-order valence-corrected chi connectivity index (χ1v) is 10.0. The summed E-state index contributed by atoms with van der Waals surface area (Å²) in [5.41, 5.74) is 0.374. The van der Waals surface area contributed by atoms with Crippen molar-refractivity contribution in [2.75, 3.05) is 25.0 Å². The van der Waals surface area contributed by atoms with Crippen LogP contribution in [0.25, 0.3) is 0 Å². The molecular formula is C18H20N4O3S. The van der Waals surface area contributed by atoms with E-state index in [9.17, 15) is 13.6 Å². The van der Waals surface area contributed by atoms with Crippen molar-refractivity contribution in [1.29, 1.82) is 0 Å². The third-order valence-electron chi connectivity index (χ3n) is 4.92. The summed E-state index contributed by atoms with van der Waals surface area (Å²) in [5, 5.41) is 3.25. The minimum absolute atomic E-state index is 0.127. The number of likely N-dealkylation sites (tertiary alicyclic amines) is 1. The van der Waals surface area contributed by atoms with E-state index in [0.717, 1.165) is 6.42 Å². The molecule has 2 aromatic rings. The van der Waals surface area contributed by atoms with E-state index in [1.165, 1.54) is 6.20 Å². The molecule has 2 atom stereocenters. The molecule has 0 bridgehead atoms. The molecule has 0 radical (unpaired) electrons. The SMILES string of the molecule is O=C(c1cccnc1)N1CCCC2(CNc3ccccc3[S+](=O)([O-])N2)C1. The highest BCUT2D eigenvalue weighted by atomic mass is 32.3. The fraction of sp³-hybridized carbons (Fsp3) is 0.333. The molecule has 2 aliphatic rings. The van der Waals surface area contributed by atoms with E-state index >= 15 is 0 Å². The Kier molecular flexibility index (Phi) is 4.26. The molecule has 1 saturated heterocycles. The number of pyridine rings is 1. The van der Waals surface area contributed by atoms with Gasteiger partial charge in [-0.3, -0.25) is 9.78 Å². The topological polar surface area (TPSA) is 97.4 Å². The van der Waals surface area contributed by atoms with E-state index in [1.807, 2.05) is 0 Å². The normalized spacial score (nSPS) is 28.1. The van der Waals surface area contributed by atoms with Gasteiger partial charge in [0.2, 0.25) is 0 Å². The number of sulfonamides is 1. The number of benzene rings is 1. The van der Waals surface area contributed by atoms with Crippen LogP contribution in [-0.2, 0) is 14.6 Å². The molecule has 7 nitrogen and oxygen atoms in total. The quantitative estimate of drug-likeness (QED) is 0.742. The lowest BCUT2D eigenvalue weighted by Crippen LogP contribution is -2.63. The van der Waals surface area contributed by atoms with E-state index in [2.05, 4.69) is 15.0 Å². The van der Waals surface area contributed by atoms with Gasteiger partial charge in [0, 0.05) is 32.0 Å². The first-order valence-electron chi connectivity index (χ1n) is 8.55. The van der Waals surface area contributed by atoms with Crippen LogP contribution in [0.2, 0.25) is 0 Å². The molecule has 0 aliphatic carbocycles. The first kappa shape index (κ1) is 17.1. The van der Waals surface area contributed by atoms with Crippen molar-refractivity contribution < 1.29 is 13.6 Å². The Bertz CT molecular complexity index is 876. The van der Waals surface area contributed by atoms with Crippen LogP contribution in [0.4, 0.5) is 5.69 Å². The highest BCUT2D eigenvalue weighted by molar-refractivity contribution is 7.96. The number of nitrogens with one attached hydrogen (secondary N) is 2. The summed E-state index contributed by atoms with van der Waals surface area (Å²) in [6.45, 7) is 1.35. The van der Waals surface area contributed by atoms with Gasteiger partial charge in [0.15, 0.2) is 15.3 Å². The lowest BCUT2D eigenvalue weighted by molar-refractivity contribution is 0.0636.